The van der Waals surface area contributed by atoms with E-state index in [1.54, 1.807) is 0 Å². The van der Waals surface area contributed by atoms with Gasteiger partial charge in [-0.1, -0.05) is 6.42 Å². The maximum atomic E-state index is 11.9. The third-order valence-corrected chi connectivity index (χ3v) is 6.49. The second-order valence-electron chi connectivity index (χ2n) is 10.0. The number of hydroxylamine groups is 2. The molecule has 44 heavy (non-hydrogen) atoms. The van der Waals surface area contributed by atoms with Crippen LogP contribution in [0.4, 0.5) is 0 Å². The Kier molecular flexibility index (Phi) is 17.4. The van der Waals surface area contributed by atoms with Gasteiger partial charge >= 0.3 is 5.97 Å². The van der Waals surface area contributed by atoms with Crippen molar-refractivity contribution in [3.8, 4) is 0 Å². The van der Waals surface area contributed by atoms with E-state index < -0.39 is 23.8 Å². The first-order valence-corrected chi connectivity index (χ1v) is 14.8. The summed E-state index contributed by atoms with van der Waals surface area (Å²) < 4.78 is 16.0. The van der Waals surface area contributed by atoms with E-state index in [1.165, 1.54) is 17.1 Å². The molecular formula is C28H43N5O11. The van der Waals surface area contributed by atoms with Gasteiger partial charge in [0.2, 0.25) is 11.8 Å². The molecule has 0 aliphatic carbocycles. The maximum Gasteiger partial charge on any atom is 0.349 e. The van der Waals surface area contributed by atoms with Gasteiger partial charge in [0.15, 0.2) is 0 Å². The van der Waals surface area contributed by atoms with Crippen molar-refractivity contribution in [3.63, 3.8) is 0 Å². The third kappa shape index (κ3) is 14.6. The van der Waals surface area contributed by atoms with Crippen LogP contribution in [0.1, 0.15) is 57.8 Å². The first-order valence-electron chi connectivity index (χ1n) is 14.8. The molecule has 1 saturated heterocycles. The van der Waals surface area contributed by atoms with E-state index >= 15 is 0 Å². The van der Waals surface area contributed by atoms with Crippen LogP contribution in [0.25, 0.3) is 0 Å². The van der Waals surface area contributed by atoms with E-state index in [9.17, 15) is 33.6 Å². The lowest BCUT2D eigenvalue weighted by Gasteiger charge is -2.16. The summed E-state index contributed by atoms with van der Waals surface area (Å²) >= 11 is 0. The first-order chi connectivity index (χ1) is 21.2. The predicted molar refractivity (Wildman–Crippen MR) is 152 cm³/mol. The lowest BCUT2D eigenvalue weighted by molar-refractivity contribution is -0.198. The highest BCUT2D eigenvalue weighted by Crippen LogP contribution is 2.13. The number of nitrogens with two attached hydrogens (primary N) is 1. The number of carbonyl (C=O) groups is 7. The smallest absolute Gasteiger partial charge is 0.349 e. The number of nitrogens with one attached hydrogen (secondary N) is 2. The highest BCUT2D eigenvalue weighted by Gasteiger charge is 2.34. The number of rotatable bonds is 24. The fourth-order valence-corrected chi connectivity index (χ4v) is 4.04. The molecular weight excluding hydrogens is 582 g/mol. The van der Waals surface area contributed by atoms with Crippen molar-refractivity contribution in [2.24, 2.45) is 5.73 Å². The Balaban J connectivity index is 1.30. The Hall–Kier alpha value is -3.73. The van der Waals surface area contributed by atoms with Gasteiger partial charge in [-0.05, 0) is 32.1 Å². The topological polar surface area (TPSA) is 213 Å². The molecule has 16 nitrogen and oxygen atoms in total. The van der Waals surface area contributed by atoms with Crippen LogP contribution in [0.15, 0.2) is 12.2 Å². The average molecular weight is 626 g/mol. The lowest BCUT2D eigenvalue weighted by atomic mass is 10.1. The van der Waals surface area contributed by atoms with Crippen LogP contribution in [0.5, 0.6) is 0 Å². The van der Waals surface area contributed by atoms with Crippen molar-refractivity contribution in [2.75, 3.05) is 59.3 Å². The van der Waals surface area contributed by atoms with Crippen molar-refractivity contribution in [2.45, 2.75) is 63.8 Å². The van der Waals surface area contributed by atoms with Gasteiger partial charge in [0.1, 0.15) is 12.6 Å². The zero-order valence-corrected chi connectivity index (χ0v) is 24.9. The number of ether oxygens (including phenoxy) is 3. The summed E-state index contributed by atoms with van der Waals surface area (Å²) in [7, 11) is 0. The van der Waals surface area contributed by atoms with Crippen molar-refractivity contribution in [1.82, 2.24) is 20.6 Å². The van der Waals surface area contributed by atoms with E-state index in [-0.39, 0.29) is 62.7 Å². The van der Waals surface area contributed by atoms with Crippen LogP contribution in [-0.4, -0.2) is 117 Å². The van der Waals surface area contributed by atoms with E-state index in [2.05, 4.69) is 10.6 Å². The summed E-state index contributed by atoms with van der Waals surface area (Å²) in [5, 5.41) is 5.92. The molecule has 2 aliphatic heterocycles. The van der Waals surface area contributed by atoms with Crippen LogP contribution in [0.3, 0.4) is 0 Å². The zero-order chi connectivity index (χ0) is 32.2. The average Bonchev–Trinajstić information content (AvgIpc) is 3.49. The number of unbranched alkanes of at least 4 members (excludes halogenated alkanes) is 3. The zero-order valence-electron chi connectivity index (χ0n) is 24.9. The molecule has 246 valence electrons. The Morgan fingerprint density at radius 2 is 1.36 bits per heavy atom. The standard InChI is InChI=1S/C28H43N5O11/c29-21(28(40)44-33-26(38)10-11-27(33)39)6-3-4-12-30-23(35)20-43-19-18-42-17-16-41-15-13-31-22(34)7-2-1-5-14-32-24(36)8-9-25(32)37/h8-9,21H,1-7,10-20,29H2,(H,30,35)(H,31,34). The molecule has 0 radical (unpaired) electrons. The number of carbonyl (C=O) groups excluding carboxylic acids is 7. The summed E-state index contributed by atoms with van der Waals surface area (Å²) in [5.74, 6) is -2.94. The number of nitrogens with zero attached hydrogens (tertiary/aromatic N) is 2. The summed E-state index contributed by atoms with van der Waals surface area (Å²) in [6, 6.07) is -0.984. The van der Waals surface area contributed by atoms with Crippen molar-refractivity contribution < 1.29 is 52.6 Å². The van der Waals surface area contributed by atoms with Gasteiger partial charge in [-0.3, -0.25) is 33.7 Å². The van der Waals surface area contributed by atoms with Gasteiger partial charge in [-0.25, -0.2) is 4.79 Å². The van der Waals surface area contributed by atoms with Crippen molar-refractivity contribution >= 4 is 41.4 Å². The van der Waals surface area contributed by atoms with Gasteiger partial charge in [0.25, 0.3) is 23.6 Å². The van der Waals surface area contributed by atoms with Crippen LogP contribution in [0, 0.1) is 0 Å². The molecule has 1 unspecified atom stereocenters. The minimum Gasteiger partial charge on any atom is -0.377 e. The van der Waals surface area contributed by atoms with Crippen molar-refractivity contribution in [1.29, 1.82) is 0 Å². The van der Waals surface area contributed by atoms with Crippen molar-refractivity contribution in [3.05, 3.63) is 12.2 Å². The summed E-state index contributed by atoms with van der Waals surface area (Å²) in [5.41, 5.74) is 5.75. The van der Waals surface area contributed by atoms with E-state index in [0.717, 1.165) is 6.42 Å². The summed E-state index contributed by atoms with van der Waals surface area (Å²) in [6.07, 6.45) is 6.31. The molecule has 4 N–H and O–H groups in total. The Bertz CT molecular complexity index is 1000. The normalized spacial score (nSPS) is 15.3. The molecule has 0 aromatic heterocycles. The molecule has 0 saturated carbocycles. The molecule has 1 fully saturated rings. The van der Waals surface area contributed by atoms with Crippen LogP contribution in [-0.2, 0) is 52.6 Å². The monoisotopic (exact) mass is 625 g/mol. The largest absolute Gasteiger partial charge is 0.377 e. The Labute approximate surface area is 255 Å². The molecule has 16 heteroatoms. The van der Waals surface area contributed by atoms with E-state index in [0.29, 0.717) is 76.6 Å². The first kappa shape index (κ1) is 36.5. The molecule has 2 rings (SSSR count). The van der Waals surface area contributed by atoms with Gasteiger partial charge < -0.3 is 35.4 Å². The molecule has 1 atom stereocenters. The Morgan fingerprint density at radius 3 is 2.05 bits per heavy atom. The van der Waals surface area contributed by atoms with Crippen LogP contribution in [0.2, 0.25) is 0 Å². The molecule has 2 heterocycles. The maximum absolute atomic E-state index is 11.9. The molecule has 0 aromatic carbocycles. The second-order valence-corrected chi connectivity index (χ2v) is 10.0. The molecule has 0 spiro atoms. The highest BCUT2D eigenvalue weighted by molar-refractivity contribution is 6.12. The van der Waals surface area contributed by atoms with Gasteiger partial charge in [0.05, 0.1) is 33.0 Å². The molecule has 0 aromatic rings. The Morgan fingerprint density at radius 1 is 0.750 bits per heavy atom. The predicted octanol–water partition coefficient (Wildman–Crippen LogP) is -1.14. The quantitative estimate of drug-likeness (QED) is 0.0858. The third-order valence-electron chi connectivity index (χ3n) is 6.49. The van der Waals surface area contributed by atoms with Gasteiger partial charge in [-0.15, -0.1) is 5.06 Å². The minimum absolute atomic E-state index is 0.0109. The second kappa shape index (κ2) is 21.1. The molecule has 6 amide bonds. The van der Waals surface area contributed by atoms with Gasteiger partial charge in [0, 0.05) is 51.0 Å². The fourth-order valence-electron chi connectivity index (χ4n) is 4.04. The number of imide groups is 2. The SMILES string of the molecule is NC(CCCCNC(=O)COCCOCCOCCNC(=O)CCCCCN1C(=O)C=CC1=O)C(=O)ON1C(=O)CCC1=O. The highest BCUT2D eigenvalue weighted by atomic mass is 16.7. The van der Waals surface area contributed by atoms with Crippen LogP contribution < -0.4 is 16.4 Å². The minimum atomic E-state index is -0.984. The number of hydrogen-bond acceptors (Lipinski definition) is 12. The number of hydrogen-bond donors (Lipinski definition) is 3. The van der Waals surface area contributed by atoms with E-state index in [4.69, 9.17) is 24.8 Å². The fraction of sp³-hybridized carbons (Fsp3) is 0.679. The van der Waals surface area contributed by atoms with Gasteiger partial charge in [-0.2, -0.15) is 0 Å². The molecule has 2 aliphatic rings. The molecule has 0 bridgehead atoms. The lowest BCUT2D eigenvalue weighted by Crippen LogP contribution is -2.40. The van der Waals surface area contributed by atoms with E-state index in [1.807, 2.05) is 0 Å². The summed E-state index contributed by atoms with van der Waals surface area (Å²) in [6.45, 7) is 2.51. The summed E-state index contributed by atoms with van der Waals surface area (Å²) in [4.78, 5) is 87.4. The number of amides is 6. The van der Waals surface area contributed by atoms with Crippen LogP contribution >= 0.6 is 0 Å².